The predicted molar refractivity (Wildman–Crippen MR) is 83.8 cm³/mol. The molecule has 0 aromatic heterocycles. The highest BCUT2D eigenvalue weighted by atomic mass is 35.5. The van der Waals surface area contributed by atoms with Crippen LogP contribution in [0.1, 0.15) is 44.7 Å². The van der Waals surface area contributed by atoms with E-state index in [9.17, 15) is 0 Å². The maximum Gasteiger partial charge on any atom is 0.0342 e. The van der Waals surface area contributed by atoms with Crippen molar-refractivity contribution in [1.29, 1.82) is 0 Å². The number of rotatable bonds is 4. The summed E-state index contributed by atoms with van der Waals surface area (Å²) in [5.74, 6) is 0.807. The Morgan fingerprint density at radius 3 is 2.21 bits per heavy atom. The molecular weight excluding hydrogens is 254 g/mol. The molecule has 0 heterocycles. The van der Waals surface area contributed by atoms with Crippen molar-refractivity contribution in [2.45, 2.75) is 50.9 Å². The zero-order valence-electron chi connectivity index (χ0n) is 12.6. The molecule has 1 aromatic carbocycles. The van der Waals surface area contributed by atoms with Crippen LogP contribution >= 0.6 is 11.6 Å². The summed E-state index contributed by atoms with van der Waals surface area (Å²) in [5, 5.41) is 0.435. The van der Waals surface area contributed by atoms with Gasteiger partial charge in [0.05, 0.1) is 0 Å². The molecule has 0 amide bonds. The maximum atomic E-state index is 6.03. The van der Waals surface area contributed by atoms with E-state index < -0.39 is 0 Å². The Labute approximate surface area is 123 Å². The van der Waals surface area contributed by atoms with Gasteiger partial charge in [0.2, 0.25) is 0 Å². The van der Waals surface area contributed by atoms with Crippen LogP contribution in [-0.2, 0) is 12.0 Å². The third kappa shape index (κ3) is 4.22. The second-order valence-corrected chi connectivity index (χ2v) is 7.70. The van der Waals surface area contributed by atoms with E-state index in [4.69, 9.17) is 11.6 Å². The summed E-state index contributed by atoms with van der Waals surface area (Å²) in [5.41, 5.74) is 3.05. The van der Waals surface area contributed by atoms with Gasteiger partial charge in [-0.3, -0.25) is 0 Å². The number of alkyl halides is 1. The Morgan fingerprint density at radius 2 is 1.74 bits per heavy atom. The lowest BCUT2D eigenvalue weighted by Crippen LogP contribution is -2.34. The molecule has 1 aromatic rings. The van der Waals surface area contributed by atoms with E-state index in [1.165, 1.54) is 30.5 Å². The first-order valence-electron chi connectivity index (χ1n) is 7.26. The molecule has 106 valence electrons. The number of hydrogen-bond acceptors (Lipinski definition) is 1. The predicted octanol–water partition coefficient (Wildman–Crippen LogP) is 4.43. The van der Waals surface area contributed by atoms with Gasteiger partial charge in [-0.1, -0.05) is 45.0 Å². The summed E-state index contributed by atoms with van der Waals surface area (Å²) in [6, 6.07) is 9.06. The molecule has 1 aliphatic rings. The average Bonchev–Trinajstić information content (AvgIpc) is 2.26. The van der Waals surface area contributed by atoms with E-state index in [1.807, 2.05) is 0 Å². The van der Waals surface area contributed by atoms with E-state index in [2.05, 4.69) is 57.0 Å². The van der Waals surface area contributed by atoms with Crippen LogP contribution < -0.4 is 0 Å². The van der Waals surface area contributed by atoms with E-state index in [1.54, 1.807) is 0 Å². The van der Waals surface area contributed by atoms with Crippen LogP contribution in [0.25, 0.3) is 0 Å². The maximum absolute atomic E-state index is 6.03. The standard InChI is InChI=1S/C17H26ClN/c1-17(2,3)15-7-5-13(6-8-15)11-19(4)12-14-9-16(18)10-14/h5-8,14,16H,9-12H2,1-4H3. The third-order valence-corrected chi connectivity index (χ3v) is 4.38. The SMILES string of the molecule is CN(Cc1ccc(C(C)(C)C)cc1)CC1CC(Cl)C1. The molecular formula is C17H26ClN. The first-order chi connectivity index (χ1) is 8.84. The molecule has 1 fully saturated rings. The molecule has 0 saturated heterocycles. The fraction of sp³-hybridized carbons (Fsp3) is 0.647. The van der Waals surface area contributed by atoms with Crippen molar-refractivity contribution in [3.8, 4) is 0 Å². The van der Waals surface area contributed by atoms with E-state index in [-0.39, 0.29) is 5.41 Å². The van der Waals surface area contributed by atoms with Gasteiger partial charge in [-0.05, 0) is 42.3 Å². The molecule has 0 radical (unpaired) electrons. The minimum absolute atomic E-state index is 0.242. The summed E-state index contributed by atoms with van der Waals surface area (Å²) in [7, 11) is 2.21. The van der Waals surface area contributed by atoms with Gasteiger partial charge in [0.1, 0.15) is 0 Å². The Bertz CT molecular complexity index is 398. The van der Waals surface area contributed by atoms with Crippen molar-refractivity contribution in [1.82, 2.24) is 4.90 Å². The molecule has 19 heavy (non-hydrogen) atoms. The second-order valence-electron chi connectivity index (χ2n) is 7.08. The van der Waals surface area contributed by atoms with Crippen molar-refractivity contribution in [3.05, 3.63) is 35.4 Å². The zero-order valence-corrected chi connectivity index (χ0v) is 13.4. The molecule has 0 bridgehead atoms. The Balaban J connectivity index is 1.85. The van der Waals surface area contributed by atoms with Crippen molar-refractivity contribution in [2.24, 2.45) is 5.92 Å². The number of hydrogen-bond donors (Lipinski definition) is 0. The molecule has 1 saturated carbocycles. The highest BCUT2D eigenvalue weighted by Gasteiger charge is 2.27. The Hall–Kier alpha value is -0.530. The van der Waals surface area contributed by atoms with Gasteiger partial charge in [0, 0.05) is 18.5 Å². The van der Waals surface area contributed by atoms with Crippen LogP contribution in [0.4, 0.5) is 0 Å². The molecule has 0 unspecified atom stereocenters. The molecule has 0 N–H and O–H groups in total. The normalized spacial score (nSPS) is 23.5. The van der Waals surface area contributed by atoms with Gasteiger partial charge in [-0.25, -0.2) is 0 Å². The van der Waals surface area contributed by atoms with Gasteiger partial charge >= 0.3 is 0 Å². The number of nitrogens with zero attached hydrogens (tertiary/aromatic N) is 1. The van der Waals surface area contributed by atoms with Gasteiger partial charge < -0.3 is 4.90 Å². The van der Waals surface area contributed by atoms with Crippen LogP contribution in [0.2, 0.25) is 0 Å². The number of halogens is 1. The minimum atomic E-state index is 0.242. The lowest BCUT2D eigenvalue weighted by molar-refractivity contribution is 0.204. The summed E-state index contributed by atoms with van der Waals surface area (Å²) in [6.45, 7) is 8.98. The molecule has 1 aliphatic carbocycles. The highest BCUT2D eigenvalue weighted by Crippen LogP contribution is 2.32. The lowest BCUT2D eigenvalue weighted by atomic mass is 9.84. The van der Waals surface area contributed by atoms with Gasteiger partial charge in [-0.15, -0.1) is 11.6 Å². The van der Waals surface area contributed by atoms with Crippen LogP contribution in [0.5, 0.6) is 0 Å². The summed E-state index contributed by atoms with van der Waals surface area (Å²) in [4.78, 5) is 2.42. The Kier molecular flexibility index (Phi) is 4.58. The van der Waals surface area contributed by atoms with E-state index >= 15 is 0 Å². The fourth-order valence-electron chi connectivity index (χ4n) is 2.73. The van der Waals surface area contributed by atoms with Crippen LogP contribution in [0, 0.1) is 5.92 Å². The molecule has 0 spiro atoms. The largest absolute Gasteiger partial charge is 0.302 e. The average molecular weight is 280 g/mol. The molecule has 2 heteroatoms. The van der Waals surface area contributed by atoms with Gasteiger partial charge in [0.25, 0.3) is 0 Å². The zero-order chi connectivity index (χ0) is 14.0. The first-order valence-corrected chi connectivity index (χ1v) is 7.70. The van der Waals surface area contributed by atoms with Crippen LogP contribution in [-0.4, -0.2) is 23.9 Å². The summed E-state index contributed by atoms with van der Waals surface area (Å²) >= 11 is 6.03. The second kappa shape index (κ2) is 5.85. The smallest absolute Gasteiger partial charge is 0.0342 e. The van der Waals surface area contributed by atoms with E-state index in [0.29, 0.717) is 5.38 Å². The Morgan fingerprint density at radius 1 is 1.16 bits per heavy atom. The molecule has 0 aliphatic heterocycles. The van der Waals surface area contributed by atoms with Crippen molar-refractivity contribution < 1.29 is 0 Å². The van der Waals surface area contributed by atoms with Gasteiger partial charge in [0.15, 0.2) is 0 Å². The van der Waals surface area contributed by atoms with Crippen molar-refractivity contribution >= 4 is 11.6 Å². The van der Waals surface area contributed by atoms with Crippen LogP contribution in [0.3, 0.4) is 0 Å². The lowest BCUT2D eigenvalue weighted by Gasteiger charge is -2.34. The van der Waals surface area contributed by atoms with Crippen molar-refractivity contribution in [3.63, 3.8) is 0 Å². The molecule has 1 nitrogen and oxygen atoms in total. The summed E-state index contributed by atoms with van der Waals surface area (Å²) < 4.78 is 0. The molecule has 2 rings (SSSR count). The third-order valence-electron chi connectivity index (χ3n) is 4.02. The first kappa shape index (κ1) is 14.9. The monoisotopic (exact) mass is 279 g/mol. The number of benzene rings is 1. The van der Waals surface area contributed by atoms with Crippen molar-refractivity contribution in [2.75, 3.05) is 13.6 Å². The molecule has 0 atom stereocenters. The topological polar surface area (TPSA) is 3.24 Å². The quantitative estimate of drug-likeness (QED) is 0.737. The minimum Gasteiger partial charge on any atom is -0.302 e. The highest BCUT2D eigenvalue weighted by molar-refractivity contribution is 6.21. The van der Waals surface area contributed by atoms with Crippen LogP contribution in [0.15, 0.2) is 24.3 Å². The summed E-state index contributed by atoms with van der Waals surface area (Å²) in [6.07, 6.45) is 2.38. The van der Waals surface area contributed by atoms with E-state index in [0.717, 1.165) is 12.5 Å². The van der Waals surface area contributed by atoms with Gasteiger partial charge in [-0.2, -0.15) is 0 Å². The fourth-order valence-corrected chi connectivity index (χ4v) is 3.23.